The molecule has 1 aliphatic heterocycles. The molecule has 3 N–H and O–H groups in total. The van der Waals surface area contributed by atoms with Crippen LogP contribution in [0.4, 0.5) is 0 Å². The van der Waals surface area contributed by atoms with Crippen LogP contribution in [0.5, 0.6) is 0 Å². The van der Waals surface area contributed by atoms with E-state index in [0.29, 0.717) is 18.9 Å². The molecule has 4 heteroatoms. The quantitative estimate of drug-likeness (QED) is 0.694. The number of nitrogens with zero attached hydrogens (tertiary/aromatic N) is 1. The van der Waals surface area contributed by atoms with Crippen LogP contribution in [0.1, 0.15) is 26.7 Å². The fraction of sp³-hybridized carbons (Fsp3) is 0.900. The summed E-state index contributed by atoms with van der Waals surface area (Å²) in [6, 6.07) is 0. The molecule has 1 atom stereocenters. The Labute approximate surface area is 85.1 Å². The lowest BCUT2D eigenvalue weighted by Crippen LogP contribution is -2.50. The minimum Gasteiger partial charge on any atom is -0.480 e. The standard InChI is InChI=1S/C10H20N2O2/c1-8(2)3-5-12-6-4-10(11,7-12)9(13)14/h8H,3-7,11H2,1-2H3,(H,13,14). The highest BCUT2D eigenvalue weighted by Crippen LogP contribution is 2.19. The predicted octanol–water partition coefficient (Wildman–Crippen LogP) is 0.520. The molecule has 1 aliphatic rings. The zero-order valence-electron chi connectivity index (χ0n) is 8.99. The van der Waals surface area contributed by atoms with Gasteiger partial charge >= 0.3 is 5.97 Å². The Balaban J connectivity index is 2.37. The third kappa shape index (κ3) is 2.69. The third-order valence-electron chi connectivity index (χ3n) is 2.83. The van der Waals surface area contributed by atoms with E-state index in [0.717, 1.165) is 19.5 Å². The molecule has 82 valence electrons. The summed E-state index contributed by atoms with van der Waals surface area (Å²) in [5, 5.41) is 8.92. The van der Waals surface area contributed by atoms with Crippen LogP contribution in [0.2, 0.25) is 0 Å². The van der Waals surface area contributed by atoms with Gasteiger partial charge in [0.2, 0.25) is 0 Å². The number of aliphatic carboxylic acids is 1. The van der Waals surface area contributed by atoms with Crippen molar-refractivity contribution in [1.29, 1.82) is 0 Å². The molecule has 1 fully saturated rings. The number of carbonyl (C=O) groups is 1. The summed E-state index contributed by atoms with van der Waals surface area (Å²) in [7, 11) is 0. The summed E-state index contributed by atoms with van der Waals surface area (Å²) in [6.45, 7) is 6.61. The average Bonchev–Trinajstić information content (AvgIpc) is 2.45. The first-order valence-corrected chi connectivity index (χ1v) is 5.19. The average molecular weight is 200 g/mol. The monoisotopic (exact) mass is 200 g/mol. The molecule has 4 nitrogen and oxygen atoms in total. The number of hydrogen-bond acceptors (Lipinski definition) is 3. The number of nitrogens with two attached hydrogens (primary N) is 1. The molecule has 0 amide bonds. The smallest absolute Gasteiger partial charge is 0.325 e. The molecule has 1 unspecified atom stereocenters. The molecule has 0 aromatic rings. The van der Waals surface area contributed by atoms with Gasteiger partial charge in [0.1, 0.15) is 5.54 Å². The molecule has 0 bridgehead atoms. The summed E-state index contributed by atoms with van der Waals surface area (Å²) in [6.07, 6.45) is 1.68. The first-order valence-electron chi connectivity index (χ1n) is 5.19. The zero-order chi connectivity index (χ0) is 10.8. The van der Waals surface area contributed by atoms with Crippen LogP contribution < -0.4 is 5.73 Å². The van der Waals surface area contributed by atoms with E-state index in [1.54, 1.807) is 0 Å². The second-order valence-corrected chi connectivity index (χ2v) is 4.67. The summed E-state index contributed by atoms with van der Waals surface area (Å²) in [5.74, 6) is -0.211. The molecule has 0 radical (unpaired) electrons. The first-order chi connectivity index (χ1) is 6.44. The van der Waals surface area contributed by atoms with E-state index in [9.17, 15) is 4.79 Å². The lowest BCUT2D eigenvalue weighted by molar-refractivity contribution is -0.142. The molecule has 1 saturated heterocycles. The lowest BCUT2D eigenvalue weighted by atomic mass is 10.0. The van der Waals surface area contributed by atoms with Gasteiger partial charge in [-0.25, -0.2) is 0 Å². The number of carboxylic acids is 1. The molecule has 1 heterocycles. The van der Waals surface area contributed by atoms with Crippen molar-refractivity contribution < 1.29 is 9.90 Å². The molecular formula is C10H20N2O2. The van der Waals surface area contributed by atoms with E-state index in [4.69, 9.17) is 10.8 Å². The normalized spacial score (nSPS) is 28.6. The van der Waals surface area contributed by atoms with Crippen molar-refractivity contribution in [3.63, 3.8) is 0 Å². The van der Waals surface area contributed by atoms with Crippen LogP contribution in [0.15, 0.2) is 0 Å². The fourth-order valence-corrected chi connectivity index (χ4v) is 1.72. The maximum atomic E-state index is 10.9. The van der Waals surface area contributed by atoms with Crippen LogP contribution in [0, 0.1) is 5.92 Å². The lowest BCUT2D eigenvalue weighted by Gasteiger charge is -2.20. The Bertz CT molecular complexity index is 218. The fourth-order valence-electron chi connectivity index (χ4n) is 1.72. The predicted molar refractivity (Wildman–Crippen MR) is 55.1 cm³/mol. The molecule has 0 saturated carbocycles. The molecule has 0 aromatic heterocycles. The van der Waals surface area contributed by atoms with E-state index in [1.807, 2.05) is 0 Å². The van der Waals surface area contributed by atoms with Crippen LogP contribution in [-0.4, -0.2) is 41.1 Å². The summed E-state index contributed by atoms with van der Waals surface area (Å²) < 4.78 is 0. The van der Waals surface area contributed by atoms with Crippen molar-refractivity contribution in [2.45, 2.75) is 32.2 Å². The topological polar surface area (TPSA) is 66.6 Å². The van der Waals surface area contributed by atoms with Crippen molar-refractivity contribution in [2.24, 2.45) is 11.7 Å². The minimum absolute atomic E-state index is 0.495. The Kier molecular flexibility index (Phi) is 3.50. The highest BCUT2D eigenvalue weighted by atomic mass is 16.4. The Morgan fingerprint density at radius 2 is 2.29 bits per heavy atom. The van der Waals surface area contributed by atoms with Crippen LogP contribution in [0.3, 0.4) is 0 Å². The van der Waals surface area contributed by atoms with Crippen molar-refractivity contribution in [3.8, 4) is 0 Å². The maximum absolute atomic E-state index is 10.9. The van der Waals surface area contributed by atoms with Crippen LogP contribution >= 0.6 is 0 Å². The largest absolute Gasteiger partial charge is 0.480 e. The summed E-state index contributed by atoms with van der Waals surface area (Å²) in [5.41, 5.74) is 4.75. The summed E-state index contributed by atoms with van der Waals surface area (Å²) >= 11 is 0. The van der Waals surface area contributed by atoms with Crippen molar-refractivity contribution in [2.75, 3.05) is 19.6 Å². The highest BCUT2D eigenvalue weighted by molar-refractivity contribution is 5.79. The third-order valence-corrected chi connectivity index (χ3v) is 2.83. The number of carboxylic acid groups (broad SMARTS) is 1. The van der Waals surface area contributed by atoms with Crippen molar-refractivity contribution in [1.82, 2.24) is 4.90 Å². The SMILES string of the molecule is CC(C)CCN1CCC(N)(C(=O)O)C1. The first kappa shape index (κ1) is 11.5. The van der Waals surface area contributed by atoms with Gasteiger partial charge in [-0.3, -0.25) is 4.79 Å². The second kappa shape index (κ2) is 4.28. The van der Waals surface area contributed by atoms with Crippen LogP contribution in [0.25, 0.3) is 0 Å². The van der Waals surface area contributed by atoms with Gasteiger partial charge < -0.3 is 15.7 Å². The second-order valence-electron chi connectivity index (χ2n) is 4.67. The van der Waals surface area contributed by atoms with Crippen molar-refractivity contribution >= 4 is 5.97 Å². The van der Waals surface area contributed by atoms with Gasteiger partial charge in [0.25, 0.3) is 0 Å². The Hall–Kier alpha value is -0.610. The van der Waals surface area contributed by atoms with Gasteiger partial charge in [0.05, 0.1) is 0 Å². The molecule has 14 heavy (non-hydrogen) atoms. The van der Waals surface area contributed by atoms with Gasteiger partial charge in [0, 0.05) is 13.1 Å². The van der Waals surface area contributed by atoms with E-state index < -0.39 is 11.5 Å². The number of hydrogen-bond donors (Lipinski definition) is 2. The minimum atomic E-state index is -1.00. The number of rotatable bonds is 4. The van der Waals surface area contributed by atoms with E-state index in [1.165, 1.54) is 0 Å². The van der Waals surface area contributed by atoms with Crippen molar-refractivity contribution in [3.05, 3.63) is 0 Å². The molecule has 0 spiro atoms. The molecular weight excluding hydrogens is 180 g/mol. The number of likely N-dealkylation sites (tertiary alicyclic amines) is 1. The van der Waals surface area contributed by atoms with Gasteiger partial charge in [0.15, 0.2) is 0 Å². The zero-order valence-corrected chi connectivity index (χ0v) is 8.99. The Morgan fingerprint density at radius 1 is 1.64 bits per heavy atom. The summed E-state index contributed by atoms with van der Waals surface area (Å²) in [4.78, 5) is 13.0. The van der Waals surface area contributed by atoms with E-state index >= 15 is 0 Å². The van der Waals surface area contributed by atoms with Gasteiger partial charge in [-0.1, -0.05) is 13.8 Å². The van der Waals surface area contributed by atoms with E-state index in [2.05, 4.69) is 18.7 Å². The maximum Gasteiger partial charge on any atom is 0.325 e. The van der Waals surface area contributed by atoms with Gasteiger partial charge in [-0.15, -0.1) is 0 Å². The van der Waals surface area contributed by atoms with Gasteiger partial charge in [-0.2, -0.15) is 0 Å². The molecule has 0 aromatic carbocycles. The Morgan fingerprint density at radius 3 is 2.71 bits per heavy atom. The molecule has 0 aliphatic carbocycles. The van der Waals surface area contributed by atoms with E-state index in [-0.39, 0.29) is 0 Å². The van der Waals surface area contributed by atoms with Gasteiger partial charge in [-0.05, 0) is 25.3 Å². The highest BCUT2D eigenvalue weighted by Gasteiger charge is 2.40. The van der Waals surface area contributed by atoms with Crippen LogP contribution in [-0.2, 0) is 4.79 Å². The molecule has 1 rings (SSSR count).